The maximum Gasteiger partial charge on any atom is 0.250 e. The van der Waals surface area contributed by atoms with E-state index in [4.69, 9.17) is 0 Å². The molecular weight excluding hydrogens is 362 g/mol. The fourth-order valence-electron chi connectivity index (χ4n) is 2.38. The van der Waals surface area contributed by atoms with E-state index in [1.165, 1.54) is 0 Å². The van der Waals surface area contributed by atoms with Gasteiger partial charge >= 0.3 is 0 Å². The number of nitrogens with one attached hydrogen (secondary N) is 1. The summed E-state index contributed by atoms with van der Waals surface area (Å²) in [5.41, 5.74) is 1.83. The van der Waals surface area contributed by atoms with Crippen molar-refractivity contribution in [2.45, 2.75) is 22.8 Å². The summed E-state index contributed by atoms with van der Waals surface area (Å²) in [5.74, 6) is 0. The first kappa shape index (κ1) is 14.2. The van der Waals surface area contributed by atoms with Gasteiger partial charge in [0.2, 0.25) is 0 Å². The van der Waals surface area contributed by atoms with Crippen LogP contribution in [0.3, 0.4) is 0 Å². The Balaban J connectivity index is 1.92. The maximum atomic E-state index is 12.3. The minimum absolute atomic E-state index is 0.237. The summed E-state index contributed by atoms with van der Waals surface area (Å²) in [6.45, 7) is 0. The maximum absolute atomic E-state index is 12.3. The molecule has 0 aliphatic heterocycles. The second kappa shape index (κ2) is 5.23. The van der Waals surface area contributed by atoms with Gasteiger partial charge in [-0.15, -0.1) is 11.3 Å². The zero-order chi connectivity index (χ0) is 14.3. The van der Waals surface area contributed by atoms with E-state index in [-0.39, 0.29) is 4.21 Å². The van der Waals surface area contributed by atoms with E-state index < -0.39 is 22.2 Å². The monoisotopic (exact) mass is 373 g/mol. The highest BCUT2D eigenvalue weighted by molar-refractivity contribution is 9.11. The van der Waals surface area contributed by atoms with Gasteiger partial charge in [0.05, 0.1) is 15.9 Å². The smallest absolute Gasteiger partial charge is 0.250 e. The average molecular weight is 374 g/mol. The Morgan fingerprint density at radius 1 is 1.25 bits per heavy atom. The lowest BCUT2D eigenvalue weighted by molar-refractivity contribution is 0.151. The minimum atomic E-state index is -3.62. The number of thiophene rings is 1. The summed E-state index contributed by atoms with van der Waals surface area (Å²) in [7, 11) is -3.62. The number of aliphatic hydroxyl groups is 1. The molecule has 3 rings (SSSR count). The van der Waals surface area contributed by atoms with Crippen molar-refractivity contribution in [3.8, 4) is 0 Å². The Morgan fingerprint density at radius 2 is 2.00 bits per heavy atom. The third-order valence-corrected chi connectivity index (χ3v) is 6.86. The van der Waals surface area contributed by atoms with E-state index in [2.05, 4.69) is 20.7 Å². The van der Waals surface area contributed by atoms with Gasteiger partial charge in [-0.3, -0.25) is 0 Å². The van der Waals surface area contributed by atoms with Gasteiger partial charge in [0.25, 0.3) is 10.0 Å². The topological polar surface area (TPSA) is 66.4 Å². The van der Waals surface area contributed by atoms with Crippen molar-refractivity contribution in [2.75, 3.05) is 0 Å². The molecule has 0 unspecified atom stereocenters. The zero-order valence-corrected chi connectivity index (χ0v) is 13.5. The Morgan fingerprint density at radius 3 is 2.70 bits per heavy atom. The van der Waals surface area contributed by atoms with E-state index >= 15 is 0 Å². The molecule has 2 atom stereocenters. The van der Waals surface area contributed by atoms with Gasteiger partial charge in [-0.1, -0.05) is 24.3 Å². The molecule has 0 saturated carbocycles. The molecule has 2 N–H and O–H groups in total. The van der Waals surface area contributed by atoms with Gasteiger partial charge in [0, 0.05) is 6.42 Å². The van der Waals surface area contributed by atoms with Crippen LogP contribution in [-0.2, 0) is 16.4 Å². The standard InChI is InChI=1S/C13H12BrNO3S2/c14-11-5-6-12(19-11)20(17,18)15-13-9-4-2-1-3-8(9)7-10(13)16/h1-6,10,13,15-16H,7H2/t10-,13+/m0/s1. The van der Waals surface area contributed by atoms with Gasteiger partial charge in [-0.25, -0.2) is 13.1 Å². The SMILES string of the molecule is O=S(=O)(N[C@@H]1c2ccccc2C[C@@H]1O)c1ccc(Br)s1. The summed E-state index contributed by atoms with van der Waals surface area (Å²) < 4.78 is 28.2. The van der Waals surface area contributed by atoms with Crippen molar-refractivity contribution in [3.05, 3.63) is 51.3 Å². The van der Waals surface area contributed by atoms with Gasteiger partial charge < -0.3 is 5.11 Å². The van der Waals surface area contributed by atoms with Crippen molar-refractivity contribution in [1.82, 2.24) is 4.72 Å². The van der Waals surface area contributed by atoms with Crippen LogP contribution in [0, 0.1) is 0 Å². The number of rotatable bonds is 3. The van der Waals surface area contributed by atoms with Crippen LogP contribution in [0.2, 0.25) is 0 Å². The summed E-state index contributed by atoms with van der Waals surface area (Å²) in [5, 5.41) is 10.1. The molecule has 106 valence electrons. The molecule has 20 heavy (non-hydrogen) atoms. The first-order valence-corrected chi connectivity index (χ1v) is 9.10. The summed E-state index contributed by atoms with van der Waals surface area (Å²) in [6.07, 6.45) is -0.261. The number of hydrogen-bond donors (Lipinski definition) is 2. The highest BCUT2D eigenvalue weighted by atomic mass is 79.9. The highest BCUT2D eigenvalue weighted by Crippen LogP contribution is 2.34. The van der Waals surface area contributed by atoms with Crippen LogP contribution in [0.5, 0.6) is 0 Å². The summed E-state index contributed by atoms with van der Waals surface area (Å²) >= 11 is 4.40. The molecule has 1 aromatic carbocycles. The van der Waals surface area contributed by atoms with Crippen molar-refractivity contribution in [3.63, 3.8) is 0 Å². The molecular formula is C13H12BrNO3S2. The lowest BCUT2D eigenvalue weighted by Gasteiger charge is -2.17. The minimum Gasteiger partial charge on any atom is -0.391 e. The first-order chi connectivity index (χ1) is 9.47. The van der Waals surface area contributed by atoms with E-state index in [9.17, 15) is 13.5 Å². The van der Waals surface area contributed by atoms with Crippen molar-refractivity contribution in [1.29, 1.82) is 0 Å². The lowest BCUT2D eigenvalue weighted by Crippen LogP contribution is -2.33. The predicted octanol–water partition coefficient (Wildman–Crippen LogP) is 2.45. The van der Waals surface area contributed by atoms with Crippen molar-refractivity contribution in [2.24, 2.45) is 0 Å². The van der Waals surface area contributed by atoms with Crippen LogP contribution in [-0.4, -0.2) is 19.6 Å². The summed E-state index contributed by atoms with van der Waals surface area (Å²) in [4.78, 5) is 0. The van der Waals surface area contributed by atoms with Crippen molar-refractivity contribution < 1.29 is 13.5 Å². The molecule has 1 aromatic heterocycles. The molecule has 0 radical (unpaired) electrons. The number of sulfonamides is 1. The quantitative estimate of drug-likeness (QED) is 0.868. The molecule has 2 aromatic rings. The predicted molar refractivity (Wildman–Crippen MR) is 81.2 cm³/mol. The fourth-order valence-corrected chi connectivity index (χ4v) is 5.66. The van der Waals surface area contributed by atoms with Crippen LogP contribution in [0.25, 0.3) is 0 Å². The average Bonchev–Trinajstić information content (AvgIpc) is 2.95. The van der Waals surface area contributed by atoms with E-state index in [1.54, 1.807) is 12.1 Å². The number of halogens is 1. The molecule has 0 bridgehead atoms. The number of benzene rings is 1. The van der Waals surface area contributed by atoms with Gasteiger partial charge in [-0.05, 0) is 39.2 Å². The first-order valence-electron chi connectivity index (χ1n) is 6.01. The number of fused-ring (bicyclic) bond motifs is 1. The largest absolute Gasteiger partial charge is 0.391 e. The van der Waals surface area contributed by atoms with Gasteiger partial charge in [0.15, 0.2) is 0 Å². The Hall–Kier alpha value is -0.730. The molecule has 7 heteroatoms. The molecule has 0 spiro atoms. The molecule has 0 saturated heterocycles. The summed E-state index contributed by atoms with van der Waals surface area (Å²) in [6, 6.07) is 10.1. The number of hydrogen-bond acceptors (Lipinski definition) is 4. The van der Waals surface area contributed by atoms with Crippen LogP contribution < -0.4 is 4.72 Å². The van der Waals surface area contributed by atoms with Gasteiger partial charge in [0.1, 0.15) is 4.21 Å². The normalized spacial score (nSPS) is 21.9. The van der Waals surface area contributed by atoms with Crippen LogP contribution >= 0.6 is 27.3 Å². The third-order valence-electron chi connectivity index (χ3n) is 3.30. The van der Waals surface area contributed by atoms with E-state index in [0.29, 0.717) is 6.42 Å². The fraction of sp³-hybridized carbons (Fsp3) is 0.231. The molecule has 1 aliphatic rings. The lowest BCUT2D eigenvalue weighted by atomic mass is 10.1. The van der Waals surface area contributed by atoms with E-state index in [1.807, 2.05) is 24.3 Å². The molecule has 1 heterocycles. The number of aliphatic hydroxyl groups excluding tert-OH is 1. The highest BCUT2D eigenvalue weighted by Gasteiger charge is 2.34. The Kier molecular flexibility index (Phi) is 3.72. The van der Waals surface area contributed by atoms with E-state index in [0.717, 1.165) is 26.3 Å². The van der Waals surface area contributed by atoms with Crippen molar-refractivity contribution >= 4 is 37.3 Å². The third kappa shape index (κ3) is 2.56. The molecule has 0 fully saturated rings. The molecule has 1 aliphatic carbocycles. The van der Waals surface area contributed by atoms with Crippen LogP contribution in [0.1, 0.15) is 17.2 Å². The second-order valence-electron chi connectivity index (χ2n) is 4.63. The Labute approximate surface area is 129 Å². The molecule has 0 amide bonds. The zero-order valence-electron chi connectivity index (χ0n) is 10.3. The van der Waals surface area contributed by atoms with Crippen LogP contribution in [0.4, 0.5) is 0 Å². The van der Waals surface area contributed by atoms with Crippen LogP contribution in [0.15, 0.2) is 44.4 Å². The molecule has 4 nitrogen and oxygen atoms in total. The Bertz CT molecular complexity index is 742. The van der Waals surface area contributed by atoms with Gasteiger partial charge in [-0.2, -0.15) is 0 Å². The second-order valence-corrected chi connectivity index (χ2v) is 9.03.